The minimum Gasteiger partial charge on any atom is -0.455 e. The summed E-state index contributed by atoms with van der Waals surface area (Å²) in [4.78, 5) is 10.8. The van der Waals surface area contributed by atoms with E-state index in [-0.39, 0.29) is 5.28 Å². The first-order valence-corrected chi connectivity index (χ1v) is 9.47. The minimum absolute atomic E-state index is 0.228. The van der Waals surface area contributed by atoms with Crippen LogP contribution in [0.15, 0.2) is 60.7 Å². The smallest absolute Gasteiger partial charge is 0.225 e. The van der Waals surface area contributed by atoms with Gasteiger partial charge < -0.3 is 10.1 Å². The van der Waals surface area contributed by atoms with Crippen molar-refractivity contribution < 1.29 is 4.74 Å². The molecule has 130 valence electrons. The Hall–Kier alpha value is -2.63. The fourth-order valence-corrected chi connectivity index (χ4v) is 3.80. The van der Waals surface area contributed by atoms with Crippen molar-refractivity contribution in [1.29, 1.82) is 0 Å². The van der Waals surface area contributed by atoms with E-state index in [0.29, 0.717) is 11.6 Å². The largest absolute Gasteiger partial charge is 0.455 e. The molecule has 0 aliphatic heterocycles. The normalized spacial score (nSPS) is 10.8. The first-order valence-electron chi connectivity index (χ1n) is 8.28. The van der Waals surface area contributed by atoms with Gasteiger partial charge in [0.05, 0.1) is 11.1 Å². The summed E-state index contributed by atoms with van der Waals surface area (Å²) in [5, 5.41) is 4.55. The highest BCUT2D eigenvalue weighted by Gasteiger charge is 2.13. The van der Waals surface area contributed by atoms with Crippen LogP contribution in [0.5, 0.6) is 11.5 Å². The van der Waals surface area contributed by atoms with Crippen molar-refractivity contribution in [3.8, 4) is 11.5 Å². The van der Waals surface area contributed by atoms with Crippen LogP contribution in [-0.2, 0) is 6.42 Å². The van der Waals surface area contributed by atoms with Crippen molar-refractivity contribution in [2.75, 3.05) is 5.32 Å². The van der Waals surface area contributed by atoms with Gasteiger partial charge in [-0.2, -0.15) is 4.98 Å². The topological polar surface area (TPSA) is 47.0 Å². The molecule has 0 radical (unpaired) electrons. The lowest BCUT2D eigenvalue weighted by Crippen LogP contribution is -1.98. The van der Waals surface area contributed by atoms with Crippen LogP contribution in [0, 0.1) is 0 Å². The van der Waals surface area contributed by atoms with E-state index in [0.717, 1.165) is 28.1 Å². The van der Waals surface area contributed by atoms with Crippen LogP contribution in [0.25, 0.3) is 10.2 Å². The van der Waals surface area contributed by atoms with E-state index in [9.17, 15) is 0 Å². The first-order chi connectivity index (χ1) is 12.7. The van der Waals surface area contributed by atoms with E-state index >= 15 is 0 Å². The average Bonchev–Trinajstić information content (AvgIpc) is 3.07. The van der Waals surface area contributed by atoms with E-state index in [2.05, 4.69) is 28.3 Å². The molecule has 4 nitrogen and oxygen atoms in total. The summed E-state index contributed by atoms with van der Waals surface area (Å²) in [7, 11) is 0. The third-order valence-corrected chi connectivity index (χ3v) is 5.22. The second-order valence-electron chi connectivity index (χ2n) is 5.66. The zero-order valence-corrected chi connectivity index (χ0v) is 15.6. The fraction of sp³-hybridized carbons (Fsp3) is 0.100. The number of nitrogens with zero attached hydrogens (tertiary/aromatic N) is 2. The third-order valence-electron chi connectivity index (χ3n) is 3.88. The van der Waals surface area contributed by atoms with Crippen molar-refractivity contribution >= 4 is 44.7 Å². The predicted octanol–water partition coefficient (Wildman–Crippen LogP) is 6.44. The Morgan fingerprint density at radius 1 is 1.04 bits per heavy atom. The zero-order valence-electron chi connectivity index (χ0n) is 14.1. The maximum Gasteiger partial charge on any atom is 0.225 e. The number of thiophene rings is 1. The summed E-state index contributed by atoms with van der Waals surface area (Å²) in [5.41, 5.74) is 0.816. The molecule has 2 aromatic carbocycles. The summed E-state index contributed by atoms with van der Waals surface area (Å²) in [6, 6.07) is 19.5. The third kappa shape index (κ3) is 3.49. The number of anilines is 2. The lowest BCUT2D eigenvalue weighted by molar-refractivity contribution is 0.485. The maximum atomic E-state index is 6.13. The zero-order chi connectivity index (χ0) is 17.9. The van der Waals surface area contributed by atoms with Gasteiger partial charge in [0.2, 0.25) is 5.28 Å². The number of rotatable bonds is 5. The van der Waals surface area contributed by atoms with Crippen molar-refractivity contribution in [2.45, 2.75) is 13.3 Å². The molecule has 0 aliphatic rings. The molecule has 0 aliphatic carbocycles. The minimum atomic E-state index is 0.228. The highest BCUT2D eigenvalue weighted by Crippen LogP contribution is 2.35. The number of benzene rings is 2. The summed E-state index contributed by atoms with van der Waals surface area (Å²) in [6.45, 7) is 2.12. The number of fused-ring (bicyclic) bond motifs is 1. The number of para-hydroxylation sites is 3. The van der Waals surface area contributed by atoms with Gasteiger partial charge in [-0.25, -0.2) is 4.98 Å². The van der Waals surface area contributed by atoms with Crippen LogP contribution < -0.4 is 10.1 Å². The first kappa shape index (κ1) is 16.8. The van der Waals surface area contributed by atoms with Gasteiger partial charge in [0.1, 0.15) is 16.4 Å². The molecule has 0 bridgehead atoms. The molecule has 4 aromatic rings. The van der Waals surface area contributed by atoms with Crippen molar-refractivity contribution in [3.05, 3.63) is 70.8 Å². The highest BCUT2D eigenvalue weighted by molar-refractivity contribution is 7.18. The van der Waals surface area contributed by atoms with Gasteiger partial charge in [-0.15, -0.1) is 11.3 Å². The molecule has 0 unspecified atom stereocenters. The lowest BCUT2D eigenvalue weighted by atomic mass is 10.2. The number of hydrogen-bond donors (Lipinski definition) is 1. The van der Waals surface area contributed by atoms with E-state index in [1.165, 1.54) is 4.88 Å². The van der Waals surface area contributed by atoms with Crippen molar-refractivity contribution in [1.82, 2.24) is 9.97 Å². The second-order valence-corrected chi connectivity index (χ2v) is 7.12. The second kappa shape index (κ2) is 7.32. The van der Waals surface area contributed by atoms with E-state index in [1.54, 1.807) is 11.3 Å². The van der Waals surface area contributed by atoms with E-state index < -0.39 is 0 Å². The Morgan fingerprint density at radius 2 is 1.81 bits per heavy atom. The Morgan fingerprint density at radius 3 is 2.62 bits per heavy atom. The van der Waals surface area contributed by atoms with Gasteiger partial charge in [-0.3, -0.25) is 0 Å². The molecular formula is C20H16ClN3OS. The van der Waals surface area contributed by atoms with Crippen LogP contribution >= 0.6 is 22.9 Å². The molecule has 1 N–H and O–H groups in total. The quantitative estimate of drug-likeness (QED) is 0.404. The molecule has 0 fully saturated rings. The van der Waals surface area contributed by atoms with E-state index in [4.69, 9.17) is 16.3 Å². The number of aromatic nitrogens is 2. The number of ether oxygens (including phenoxy) is 1. The summed E-state index contributed by atoms with van der Waals surface area (Å²) in [5.74, 6) is 2.17. The van der Waals surface area contributed by atoms with Gasteiger partial charge >= 0.3 is 0 Å². The van der Waals surface area contributed by atoms with Gasteiger partial charge in [0.25, 0.3) is 0 Å². The monoisotopic (exact) mass is 381 g/mol. The van der Waals surface area contributed by atoms with Crippen LogP contribution in [0.2, 0.25) is 5.28 Å². The number of aryl methyl sites for hydroxylation is 1. The molecule has 0 saturated heterocycles. The summed E-state index contributed by atoms with van der Waals surface area (Å²) in [6.07, 6.45) is 0.950. The molecule has 26 heavy (non-hydrogen) atoms. The molecule has 0 spiro atoms. The predicted molar refractivity (Wildman–Crippen MR) is 108 cm³/mol. The molecule has 0 amide bonds. The van der Waals surface area contributed by atoms with Crippen molar-refractivity contribution in [2.24, 2.45) is 0 Å². The number of halogens is 1. The molecule has 2 heterocycles. The summed E-state index contributed by atoms with van der Waals surface area (Å²) >= 11 is 7.76. The lowest BCUT2D eigenvalue weighted by Gasteiger charge is -2.13. The fourth-order valence-electron chi connectivity index (χ4n) is 2.62. The van der Waals surface area contributed by atoms with Gasteiger partial charge in [0.15, 0.2) is 5.75 Å². The van der Waals surface area contributed by atoms with Gasteiger partial charge in [0, 0.05) is 4.88 Å². The molecule has 0 saturated carbocycles. The number of nitrogens with one attached hydrogen (secondary N) is 1. The van der Waals surface area contributed by atoms with Crippen molar-refractivity contribution in [3.63, 3.8) is 0 Å². The molecule has 4 rings (SSSR count). The Balaban J connectivity index is 1.72. The molecular weight excluding hydrogens is 366 g/mol. The molecule has 2 aromatic heterocycles. The highest BCUT2D eigenvalue weighted by atomic mass is 35.5. The Kier molecular flexibility index (Phi) is 4.73. The van der Waals surface area contributed by atoms with Gasteiger partial charge in [-0.05, 0) is 48.4 Å². The Labute approximate surface area is 160 Å². The summed E-state index contributed by atoms with van der Waals surface area (Å²) < 4.78 is 6.01. The van der Waals surface area contributed by atoms with Crippen LogP contribution in [-0.4, -0.2) is 9.97 Å². The standard InChI is InChI=1S/C20H16ClN3OS/c1-2-14-12-15-18(23-20(21)24-19(15)26-14)22-16-10-6-7-11-17(16)25-13-8-4-3-5-9-13/h3-12H,2H2,1H3,(H,22,23,24). The van der Waals surface area contributed by atoms with Crippen LogP contribution in [0.3, 0.4) is 0 Å². The maximum absolute atomic E-state index is 6.13. The van der Waals surface area contributed by atoms with E-state index in [1.807, 2.05) is 54.6 Å². The van der Waals surface area contributed by atoms with Crippen LogP contribution in [0.4, 0.5) is 11.5 Å². The van der Waals surface area contributed by atoms with Gasteiger partial charge in [-0.1, -0.05) is 37.3 Å². The van der Waals surface area contributed by atoms with Crippen LogP contribution in [0.1, 0.15) is 11.8 Å². The SMILES string of the molecule is CCc1cc2c(Nc3ccccc3Oc3ccccc3)nc(Cl)nc2s1. The Bertz CT molecular complexity index is 1050. The average molecular weight is 382 g/mol. The molecule has 6 heteroatoms. The number of hydrogen-bond acceptors (Lipinski definition) is 5. The molecule has 0 atom stereocenters.